The number of carbonyl (C=O) groups excluding carboxylic acids is 1. The van der Waals surface area contributed by atoms with Gasteiger partial charge in [0.25, 0.3) is 0 Å². The average Bonchev–Trinajstić information content (AvgIpc) is 2.92. The van der Waals surface area contributed by atoms with Crippen molar-refractivity contribution in [3.8, 4) is 0 Å². The Kier molecular flexibility index (Phi) is 10.7. The highest BCUT2D eigenvalue weighted by molar-refractivity contribution is 5.85. The molecule has 1 saturated carbocycles. The van der Waals surface area contributed by atoms with Crippen LogP contribution in [0.4, 0.5) is 0 Å². The van der Waals surface area contributed by atoms with E-state index in [9.17, 15) is 4.79 Å². The van der Waals surface area contributed by atoms with Crippen LogP contribution in [0.1, 0.15) is 57.8 Å². The lowest BCUT2D eigenvalue weighted by atomic mass is 9.91. The number of nitrogens with two attached hydrogens (primary N) is 1. The van der Waals surface area contributed by atoms with Gasteiger partial charge in [0, 0.05) is 25.6 Å². The van der Waals surface area contributed by atoms with Crippen molar-refractivity contribution >= 4 is 30.7 Å². The molecule has 2 N–H and O–H groups in total. The van der Waals surface area contributed by atoms with Crippen LogP contribution in [0.2, 0.25) is 0 Å². The number of hydrogen-bond donors (Lipinski definition) is 1. The second-order valence-corrected chi connectivity index (χ2v) is 8.04. The first-order chi connectivity index (χ1) is 11.3. The van der Waals surface area contributed by atoms with E-state index in [0.29, 0.717) is 24.3 Å². The Hall–Kier alpha value is -0.0300. The Morgan fingerprint density at radius 2 is 1.60 bits per heavy atom. The minimum Gasteiger partial charge on any atom is -0.342 e. The summed E-state index contributed by atoms with van der Waals surface area (Å²) in [6.07, 6.45) is 11.4. The zero-order valence-corrected chi connectivity index (χ0v) is 17.2. The van der Waals surface area contributed by atoms with Gasteiger partial charge in [-0.3, -0.25) is 4.79 Å². The summed E-state index contributed by atoms with van der Waals surface area (Å²) in [5, 5.41) is 0. The van der Waals surface area contributed by atoms with Gasteiger partial charge in [0.05, 0.1) is 0 Å². The molecule has 25 heavy (non-hydrogen) atoms. The maximum atomic E-state index is 12.9. The largest absolute Gasteiger partial charge is 0.342 e. The average molecular weight is 394 g/mol. The van der Waals surface area contributed by atoms with E-state index in [2.05, 4.69) is 9.80 Å². The van der Waals surface area contributed by atoms with Gasteiger partial charge in [-0.05, 0) is 70.0 Å². The number of nitrogens with zero attached hydrogens (tertiary/aromatic N) is 2. The number of amides is 1. The molecule has 0 radical (unpaired) electrons. The summed E-state index contributed by atoms with van der Waals surface area (Å²) >= 11 is 0. The van der Waals surface area contributed by atoms with Gasteiger partial charge in [-0.1, -0.05) is 19.3 Å². The maximum absolute atomic E-state index is 12.9. The predicted molar refractivity (Wildman–Crippen MR) is 109 cm³/mol. The first-order valence-corrected chi connectivity index (χ1v) is 9.99. The number of carbonyl (C=O) groups is 1. The highest BCUT2D eigenvalue weighted by atomic mass is 35.5. The van der Waals surface area contributed by atoms with Crippen LogP contribution >= 0.6 is 24.8 Å². The Morgan fingerprint density at radius 1 is 0.880 bits per heavy atom. The third-order valence-corrected chi connectivity index (χ3v) is 6.32. The van der Waals surface area contributed by atoms with E-state index in [-0.39, 0.29) is 30.7 Å². The predicted octanol–water partition coefficient (Wildman–Crippen LogP) is 3.32. The summed E-state index contributed by atoms with van der Waals surface area (Å²) in [4.78, 5) is 17.8. The van der Waals surface area contributed by atoms with Crippen LogP contribution in [-0.4, -0.2) is 55.0 Å². The molecule has 6 heteroatoms. The fourth-order valence-electron chi connectivity index (χ4n) is 4.98. The normalized spacial score (nSPS) is 30.9. The van der Waals surface area contributed by atoms with Gasteiger partial charge in [0.2, 0.25) is 5.91 Å². The lowest BCUT2D eigenvalue weighted by Crippen LogP contribution is -2.47. The van der Waals surface area contributed by atoms with Crippen LogP contribution in [0.5, 0.6) is 0 Å². The first kappa shape index (κ1) is 23.0. The summed E-state index contributed by atoms with van der Waals surface area (Å²) in [5.74, 6) is 1.76. The molecule has 3 atom stereocenters. The molecular formula is C19H37Cl2N3O. The van der Waals surface area contributed by atoms with E-state index in [1.54, 1.807) is 0 Å². The first-order valence-electron chi connectivity index (χ1n) is 9.99. The van der Waals surface area contributed by atoms with Crippen molar-refractivity contribution < 1.29 is 4.79 Å². The minimum absolute atomic E-state index is 0. The SMILES string of the molecule is Cl.Cl.NC[C@H]1CCC[C@H]1C(=O)N1CCCC(CN2CCCCCC2)C1. The molecule has 148 valence electrons. The second kappa shape index (κ2) is 11.6. The van der Waals surface area contributed by atoms with E-state index in [1.807, 2.05) is 0 Å². The van der Waals surface area contributed by atoms with Crippen molar-refractivity contribution in [2.24, 2.45) is 23.5 Å². The topological polar surface area (TPSA) is 49.6 Å². The summed E-state index contributed by atoms with van der Waals surface area (Å²) < 4.78 is 0. The molecule has 2 heterocycles. The van der Waals surface area contributed by atoms with Gasteiger partial charge >= 0.3 is 0 Å². The molecule has 4 nitrogen and oxygen atoms in total. The molecular weight excluding hydrogens is 357 g/mol. The molecule has 1 amide bonds. The Morgan fingerprint density at radius 3 is 2.28 bits per heavy atom. The van der Waals surface area contributed by atoms with Crippen molar-refractivity contribution in [2.75, 3.05) is 39.3 Å². The van der Waals surface area contributed by atoms with Crippen molar-refractivity contribution in [3.05, 3.63) is 0 Å². The summed E-state index contributed by atoms with van der Waals surface area (Å²) in [6, 6.07) is 0. The van der Waals surface area contributed by atoms with Gasteiger partial charge in [-0.2, -0.15) is 0 Å². The summed E-state index contributed by atoms with van der Waals surface area (Å²) in [6.45, 7) is 6.38. The maximum Gasteiger partial charge on any atom is 0.226 e. The number of likely N-dealkylation sites (tertiary alicyclic amines) is 2. The monoisotopic (exact) mass is 393 g/mol. The molecule has 0 aromatic carbocycles. The quantitative estimate of drug-likeness (QED) is 0.796. The highest BCUT2D eigenvalue weighted by Gasteiger charge is 2.36. The van der Waals surface area contributed by atoms with Crippen molar-refractivity contribution in [2.45, 2.75) is 57.8 Å². The van der Waals surface area contributed by atoms with Crippen LogP contribution in [0.3, 0.4) is 0 Å². The van der Waals surface area contributed by atoms with Gasteiger partial charge in [-0.15, -0.1) is 24.8 Å². The van der Waals surface area contributed by atoms with Crippen LogP contribution in [0, 0.1) is 17.8 Å². The van der Waals surface area contributed by atoms with Gasteiger partial charge in [0.1, 0.15) is 0 Å². The van der Waals surface area contributed by atoms with Crippen molar-refractivity contribution in [3.63, 3.8) is 0 Å². The Labute approximate surface area is 166 Å². The fourth-order valence-corrected chi connectivity index (χ4v) is 4.98. The molecule has 3 aliphatic rings. The number of rotatable bonds is 4. The number of piperidine rings is 1. The van der Waals surface area contributed by atoms with Gasteiger partial charge in [0.15, 0.2) is 0 Å². The third kappa shape index (κ3) is 6.27. The Balaban J connectivity index is 0.00000156. The lowest BCUT2D eigenvalue weighted by Gasteiger charge is -2.37. The molecule has 1 aliphatic carbocycles. The zero-order chi connectivity index (χ0) is 16.1. The molecule has 2 saturated heterocycles. The molecule has 0 bridgehead atoms. The number of halogens is 2. The second-order valence-electron chi connectivity index (χ2n) is 8.04. The molecule has 3 rings (SSSR count). The summed E-state index contributed by atoms with van der Waals surface area (Å²) in [5.41, 5.74) is 5.88. The van der Waals surface area contributed by atoms with Crippen LogP contribution in [0.25, 0.3) is 0 Å². The third-order valence-electron chi connectivity index (χ3n) is 6.32. The molecule has 3 fully saturated rings. The summed E-state index contributed by atoms with van der Waals surface area (Å²) in [7, 11) is 0. The molecule has 0 aromatic heterocycles. The van der Waals surface area contributed by atoms with Crippen molar-refractivity contribution in [1.29, 1.82) is 0 Å². The molecule has 1 unspecified atom stereocenters. The Bertz CT molecular complexity index is 389. The van der Waals surface area contributed by atoms with Crippen LogP contribution in [0.15, 0.2) is 0 Å². The lowest BCUT2D eigenvalue weighted by molar-refractivity contribution is -0.138. The van der Waals surface area contributed by atoms with Gasteiger partial charge in [-0.25, -0.2) is 0 Å². The zero-order valence-electron chi connectivity index (χ0n) is 15.5. The van der Waals surface area contributed by atoms with E-state index < -0.39 is 0 Å². The van der Waals surface area contributed by atoms with Gasteiger partial charge < -0.3 is 15.5 Å². The standard InChI is InChI=1S/C19H35N3O.2ClH/c20-13-17-8-5-9-18(17)19(23)22-12-6-7-16(15-22)14-21-10-3-1-2-4-11-21;;/h16-18H,1-15,20H2;2*1H/t16?,17-,18-;;/m1../s1. The highest BCUT2D eigenvalue weighted by Crippen LogP contribution is 2.33. The van der Waals surface area contributed by atoms with Crippen molar-refractivity contribution in [1.82, 2.24) is 9.80 Å². The minimum atomic E-state index is 0. The van der Waals surface area contributed by atoms with Crippen LogP contribution < -0.4 is 5.73 Å². The fraction of sp³-hybridized carbons (Fsp3) is 0.947. The molecule has 0 aromatic rings. The van der Waals surface area contributed by atoms with Crippen LogP contribution in [-0.2, 0) is 4.79 Å². The van der Waals surface area contributed by atoms with E-state index in [4.69, 9.17) is 5.73 Å². The number of hydrogen-bond acceptors (Lipinski definition) is 3. The van der Waals surface area contributed by atoms with E-state index >= 15 is 0 Å². The van der Waals surface area contributed by atoms with E-state index in [0.717, 1.165) is 25.9 Å². The molecule has 0 spiro atoms. The van der Waals surface area contributed by atoms with E-state index in [1.165, 1.54) is 64.6 Å². The smallest absolute Gasteiger partial charge is 0.226 e. The molecule has 2 aliphatic heterocycles.